The number of hydrogen-bond acceptors (Lipinski definition) is 2. The Morgan fingerprint density at radius 1 is 0.818 bits per heavy atom. The van der Waals surface area contributed by atoms with Crippen LogP contribution in [-0.4, -0.2) is 16.1 Å². The van der Waals surface area contributed by atoms with Crippen molar-refractivity contribution in [2.75, 3.05) is 0 Å². The van der Waals surface area contributed by atoms with Gasteiger partial charge >= 0.3 is 5.97 Å². The maximum atomic E-state index is 11.6. The van der Waals surface area contributed by atoms with Gasteiger partial charge in [-0.25, -0.2) is 4.79 Å². The molecule has 1 aromatic heterocycles. The zero-order valence-electron chi connectivity index (χ0n) is 11.8. The van der Waals surface area contributed by atoms with Crippen LogP contribution in [0.2, 0.25) is 0 Å². The maximum absolute atomic E-state index is 11.6. The van der Waals surface area contributed by atoms with Crippen LogP contribution in [-0.2, 0) is 0 Å². The van der Waals surface area contributed by atoms with Gasteiger partial charge in [-0.3, -0.25) is 4.98 Å². The predicted octanol–water partition coefficient (Wildman–Crippen LogP) is 2.54. The lowest BCUT2D eigenvalue weighted by molar-refractivity contribution is 0.0698. The van der Waals surface area contributed by atoms with Gasteiger partial charge in [-0.05, 0) is 22.7 Å². The number of carboxylic acid groups (broad SMARTS) is 1. The third-order valence-corrected chi connectivity index (χ3v) is 5.67. The van der Waals surface area contributed by atoms with E-state index in [1.54, 1.807) is 18.3 Å². The molecular weight excluding hydrogens is 293 g/mol. The molecule has 0 aliphatic carbocycles. The van der Waals surface area contributed by atoms with Crippen molar-refractivity contribution < 1.29 is 9.90 Å². The molecule has 2 aromatic carbocycles. The molecule has 0 radical (unpaired) electrons. The van der Waals surface area contributed by atoms with Gasteiger partial charge in [0.25, 0.3) is 0 Å². The van der Waals surface area contributed by atoms with Crippen LogP contribution in [0, 0.1) is 0 Å². The van der Waals surface area contributed by atoms with Crippen molar-refractivity contribution >= 4 is 29.9 Å². The Hall–Kier alpha value is -2.51. The molecule has 0 saturated heterocycles. The topological polar surface area (TPSA) is 50.2 Å². The molecule has 1 N–H and O–H groups in total. The molecule has 4 heteroatoms. The minimum absolute atomic E-state index is 0.265. The molecular formula is C18H14NO2P. The van der Waals surface area contributed by atoms with E-state index < -0.39 is 13.9 Å². The SMILES string of the molecule is O=C(O)c1cccnc1P(c1ccccc1)c1ccccc1. The normalized spacial score (nSPS) is 10.6. The lowest BCUT2D eigenvalue weighted by Gasteiger charge is -2.19. The molecule has 3 aromatic rings. The lowest BCUT2D eigenvalue weighted by atomic mass is 10.3. The fourth-order valence-corrected chi connectivity index (χ4v) is 4.61. The molecule has 0 fully saturated rings. The van der Waals surface area contributed by atoms with E-state index >= 15 is 0 Å². The van der Waals surface area contributed by atoms with Crippen LogP contribution in [0.15, 0.2) is 79.0 Å². The van der Waals surface area contributed by atoms with Gasteiger partial charge in [-0.2, -0.15) is 0 Å². The van der Waals surface area contributed by atoms with Crippen LogP contribution in [0.3, 0.4) is 0 Å². The summed E-state index contributed by atoms with van der Waals surface area (Å²) in [6.45, 7) is 0. The molecule has 0 saturated carbocycles. The Labute approximate surface area is 130 Å². The number of benzene rings is 2. The summed E-state index contributed by atoms with van der Waals surface area (Å²) in [5, 5.41) is 11.7. The van der Waals surface area contributed by atoms with E-state index in [0.717, 1.165) is 10.6 Å². The second-order valence-electron chi connectivity index (χ2n) is 4.69. The number of nitrogens with zero attached hydrogens (tertiary/aromatic N) is 1. The smallest absolute Gasteiger partial charge is 0.337 e. The second kappa shape index (κ2) is 6.50. The summed E-state index contributed by atoms with van der Waals surface area (Å²) in [5.41, 5.74) is 0.892. The zero-order valence-corrected chi connectivity index (χ0v) is 12.6. The Bertz CT molecular complexity index is 736. The van der Waals surface area contributed by atoms with E-state index in [9.17, 15) is 9.90 Å². The quantitative estimate of drug-likeness (QED) is 0.754. The Morgan fingerprint density at radius 2 is 1.36 bits per heavy atom. The summed E-state index contributed by atoms with van der Waals surface area (Å²) in [4.78, 5) is 16.0. The number of aromatic carboxylic acids is 1. The first-order valence-electron chi connectivity index (χ1n) is 6.86. The first kappa shape index (κ1) is 14.4. The molecule has 0 amide bonds. The number of rotatable bonds is 4. The van der Waals surface area contributed by atoms with Crippen molar-refractivity contribution in [3.8, 4) is 0 Å². The van der Waals surface area contributed by atoms with Crippen molar-refractivity contribution in [3.05, 3.63) is 84.6 Å². The van der Waals surface area contributed by atoms with Crippen LogP contribution in [0.25, 0.3) is 0 Å². The maximum Gasteiger partial charge on any atom is 0.337 e. The third-order valence-electron chi connectivity index (χ3n) is 3.26. The number of carboxylic acids is 1. The van der Waals surface area contributed by atoms with Gasteiger partial charge in [0.1, 0.15) is 0 Å². The van der Waals surface area contributed by atoms with Crippen LogP contribution in [0.5, 0.6) is 0 Å². The standard InChI is InChI=1S/C18H14NO2P/c20-18(21)16-12-7-13-19-17(16)22(14-8-3-1-4-9-14)15-10-5-2-6-11-15/h1-13H,(H,20,21). The van der Waals surface area contributed by atoms with Gasteiger partial charge in [0.05, 0.1) is 11.0 Å². The summed E-state index contributed by atoms with van der Waals surface area (Å²) in [6, 6.07) is 23.2. The molecule has 0 aliphatic heterocycles. The second-order valence-corrected chi connectivity index (χ2v) is 6.81. The summed E-state index contributed by atoms with van der Waals surface area (Å²) in [6.07, 6.45) is 1.66. The van der Waals surface area contributed by atoms with Crippen LogP contribution in [0.4, 0.5) is 0 Å². The average Bonchev–Trinajstić information content (AvgIpc) is 2.57. The van der Waals surface area contributed by atoms with Gasteiger partial charge in [0, 0.05) is 14.1 Å². The van der Waals surface area contributed by atoms with Gasteiger partial charge in [0.15, 0.2) is 0 Å². The van der Waals surface area contributed by atoms with Crippen molar-refractivity contribution in [2.45, 2.75) is 0 Å². The molecule has 3 rings (SSSR count). The van der Waals surface area contributed by atoms with Crippen LogP contribution >= 0.6 is 7.92 Å². The predicted molar refractivity (Wildman–Crippen MR) is 89.9 cm³/mol. The highest BCUT2D eigenvalue weighted by Gasteiger charge is 2.23. The minimum atomic E-state index is -0.991. The van der Waals surface area contributed by atoms with E-state index in [4.69, 9.17) is 0 Å². The molecule has 0 aliphatic rings. The number of aromatic nitrogens is 1. The Kier molecular flexibility index (Phi) is 4.27. The highest BCUT2D eigenvalue weighted by atomic mass is 31.1. The molecule has 0 spiro atoms. The van der Waals surface area contributed by atoms with Gasteiger partial charge in [-0.15, -0.1) is 0 Å². The van der Waals surface area contributed by atoms with E-state index in [0.29, 0.717) is 5.44 Å². The lowest BCUT2D eigenvalue weighted by Crippen LogP contribution is -2.27. The fraction of sp³-hybridized carbons (Fsp3) is 0. The monoisotopic (exact) mass is 307 g/mol. The minimum Gasteiger partial charge on any atom is -0.478 e. The van der Waals surface area contributed by atoms with Crippen LogP contribution in [0.1, 0.15) is 10.4 Å². The zero-order chi connectivity index (χ0) is 15.4. The molecule has 0 unspecified atom stereocenters. The number of pyridine rings is 1. The van der Waals surface area contributed by atoms with Gasteiger partial charge < -0.3 is 5.11 Å². The molecule has 108 valence electrons. The van der Waals surface area contributed by atoms with Crippen molar-refractivity contribution in [3.63, 3.8) is 0 Å². The van der Waals surface area contributed by atoms with Gasteiger partial charge in [0.2, 0.25) is 0 Å². The highest BCUT2D eigenvalue weighted by Crippen LogP contribution is 2.32. The third kappa shape index (κ3) is 2.90. The largest absolute Gasteiger partial charge is 0.478 e. The van der Waals surface area contributed by atoms with Crippen molar-refractivity contribution in [2.24, 2.45) is 0 Å². The highest BCUT2D eigenvalue weighted by molar-refractivity contribution is 7.79. The molecule has 3 nitrogen and oxygen atoms in total. The van der Waals surface area contributed by atoms with Gasteiger partial charge in [-0.1, -0.05) is 60.7 Å². The van der Waals surface area contributed by atoms with E-state index in [1.165, 1.54) is 0 Å². The average molecular weight is 307 g/mol. The molecule has 0 atom stereocenters. The number of hydrogen-bond donors (Lipinski definition) is 1. The van der Waals surface area contributed by atoms with E-state index in [2.05, 4.69) is 4.98 Å². The number of carbonyl (C=O) groups is 1. The fourth-order valence-electron chi connectivity index (χ4n) is 2.29. The molecule has 1 heterocycles. The summed E-state index contributed by atoms with van der Waals surface area (Å²) in [5.74, 6) is -0.942. The van der Waals surface area contributed by atoms with Crippen molar-refractivity contribution in [1.29, 1.82) is 0 Å². The van der Waals surface area contributed by atoms with E-state index in [-0.39, 0.29) is 5.56 Å². The summed E-state index contributed by atoms with van der Waals surface area (Å²) >= 11 is 0. The summed E-state index contributed by atoms with van der Waals surface area (Å²) < 4.78 is 0. The Morgan fingerprint density at radius 3 is 1.86 bits per heavy atom. The van der Waals surface area contributed by atoms with Crippen molar-refractivity contribution in [1.82, 2.24) is 4.98 Å². The Balaban J connectivity index is 2.21. The summed E-state index contributed by atoms with van der Waals surface area (Å²) in [7, 11) is -0.991. The van der Waals surface area contributed by atoms with E-state index in [1.807, 2.05) is 60.7 Å². The molecule has 22 heavy (non-hydrogen) atoms. The van der Waals surface area contributed by atoms with Crippen LogP contribution < -0.4 is 16.0 Å². The first-order valence-corrected chi connectivity index (χ1v) is 8.20. The first-order chi connectivity index (χ1) is 10.8. The molecule has 0 bridgehead atoms.